The third-order valence-electron chi connectivity index (χ3n) is 6.89. The normalized spacial score (nSPS) is 21.8. The molecule has 0 amide bonds. The number of nitrogens with zero attached hydrogens (tertiary/aromatic N) is 2. The van der Waals surface area contributed by atoms with E-state index in [1.54, 1.807) is 0 Å². The van der Waals surface area contributed by atoms with E-state index in [4.69, 9.17) is 4.74 Å². The number of hydrogen-bond donors (Lipinski definition) is 1. The van der Waals surface area contributed by atoms with Gasteiger partial charge in [-0.15, -0.1) is 29.4 Å². The van der Waals surface area contributed by atoms with Crippen molar-refractivity contribution in [2.75, 3.05) is 51.3 Å². The Morgan fingerprint density at radius 1 is 0.909 bits per heavy atom. The molecule has 0 spiro atoms. The van der Waals surface area contributed by atoms with Crippen LogP contribution < -0.4 is 4.74 Å². The zero-order valence-electron chi connectivity index (χ0n) is 19.3. The molecule has 0 saturated carbocycles. The molecule has 6 heteroatoms. The van der Waals surface area contributed by atoms with E-state index in [1.807, 2.05) is 72.1 Å². The summed E-state index contributed by atoms with van der Waals surface area (Å²) < 4.78 is 5.81. The Labute approximate surface area is 206 Å². The molecule has 5 rings (SSSR count). The zero-order chi connectivity index (χ0) is 22.7. The van der Waals surface area contributed by atoms with Crippen molar-refractivity contribution < 1.29 is 9.84 Å². The maximum Gasteiger partial charge on any atom is 0.145 e. The number of likely N-dealkylation sites (N-methyl/N-ethyl adjacent to an activating group) is 1. The summed E-state index contributed by atoms with van der Waals surface area (Å²) in [6.45, 7) is 5.26. The fourth-order valence-corrected chi connectivity index (χ4v) is 8.58. The summed E-state index contributed by atoms with van der Waals surface area (Å²) in [7, 11) is 2.18. The van der Waals surface area contributed by atoms with Crippen molar-refractivity contribution in [3.05, 3.63) is 59.7 Å². The summed E-state index contributed by atoms with van der Waals surface area (Å²) >= 11 is 3.81. The van der Waals surface area contributed by atoms with Gasteiger partial charge in [0.2, 0.25) is 0 Å². The average Bonchev–Trinajstić information content (AvgIpc) is 2.86. The van der Waals surface area contributed by atoms with Gasteiger partial charge in [0.05, 0.1) is 10.6 Å². The van der Waals surface area contributed by atoms with Crippen LogP contribution in [0.5, 0.6) is 11.5 Å². The lowest BCUT2D eigenvalue weighted by atomic mass is 9.78. The fraction of sp³-hybridized carbons (Fsp3) is 0.481. The summed E-state index contributed by atoms with van der Waals surface area (Å²) in [5.74, 6) is 10.5. The van der Waals surface area contributed by atoms with Gasteiger partial charge < -0.3 is 14.7 Å². The number of aliphatic hydroxyl groups is 1. The molecule has 3 aliphatic rings. The van der Waals surface area contributed by atoms with Crippen LogP contribution in [0.25, 0.3) is 0 Å². The number of piperazine rings is 1. The summed E-state index contributed by atoms with van der Waals surface area (Å²) in [4.78, 5) is 4.81. The predicted octanol–water partition coefficient (Wildman–Crippen LogP) is 4.63. The molecule has 0 bridgehead atoms. The quantitative estimate of drug-likeness (QED) is 0.643. The highest BCUT2D eigenvalue weighted by molar-refractivity contribution is 8.18. The molecule has 2 fully saturated rings. The van der Waals surface area contributed by atoms with E-state index < -0.39 is 9.68 Å². The van der Waals surface area contributed by atoms with Gasteiger partial charge >= 0.3 is 0 Å². The van der Waals surface area contributed by atoms with Crippen LogP contribution in [-0.4, -0.2) is 70.3 Å². The minimum absolute atomic E-state index is 0.399. The maximum atomic E-state index is 12.7. The highest BCUT2D eigenvalue weighted by Gasteiger charge is 2.57. The summed E-state index contributed by atoms with van der Waals surface area (Å²) in [5, 5.41) is 12.7. The molecule has 4 nitrogen and oxygen atoms in total. The van der Waals surface area contributed by atoms with Gasteiger partial charge in [0.1, 0.15) is 17.1 Å². The number of hydrogen-bond acceptors (Lipinski definition) is 6. The molecule has 0 unspecified atom stereocenters. The Morgan fingerprint density at radius 3 is 2.15 bits per heavy atom. The second kappa shape index (κ2) is 9.93. The van der Waals surface area contributed by atoms with Crippen LogP contribution in [0.3, 0.4) is 0 Å². The van der Waals surface area contributed by atoms with Crippen LogP contribution >= 0.6 is 23.5 Å². The Balaban J connectivity index is 1.42. The molecule has 0 atom stereocenters. The molecule has 2 saturated heterocycles. The second-order valence-corrected chi connectivity index (χ2v) is 12.1. The molecule has 3 heterocycles. The zero-order valence-corrected chi connectivity index (χ0v) is 20.9. The lowest BCUT2D eigenvalue weighted by molar-refractivity contribution is 0.0540. The number of para-hydroxylation sites is 2. The van der Waals surface area contributed by atoms with Crippen LogP contribution in [0.1, 0.15) is 30.4 Å². The first-order chi connectivity index (χ1) is 16.1. The van der Waals surface area contributed by atoms with Gasteiger partial charge in [0.25, 0.3) is 0 Å². The average molecular weight is 481 g/mol. The first-order valence-electron chi connectivity index (χ1n) is 11.9. The van der Waals surface area contributed by atoms with E-state index in [-0.39, 0.29) is 0 Å². The van der Waals surface area contributed by atoms with E-state index in [9.17, 15) is 5.11 Å². The number of rotatable bonds is 4. The van der Waals surface area contributed by atoms with E-state index in [0.717, 1.165) is 79.7 Å². The van der Waals surface area contributed by atoms with Crippen molar-refractivity contribution in [2.24, 2.45) is 0 Å². The van der Waals surface area contributed by atoms with Gasteiger partial charge in [0.15, 0.2) is 0 Å². The Kier molecular flexibility index (Phi) is 6.96. The number of ether oxygens (including phenoxy) is 1. The molecule has 0 aromatic heterocycles. The lowest BCUT2D eigenvalue weighted by Crippen LogP contribution is -2.51. The van der Waals surface area contributed by atoms with Gasteiger partial charge in [-0.1, -0.05) is 42.3 Å². The van der Waals surface area contributed by atoms with Gasteiger partial charge in [-0.2, -0.15) is 0 Å². The molecule has 0 aliphatic carbocycles. The number of thioether (sulfide) groups is 2. The lowest BCUT2D eigenvalue weighted by Gasteiger charge is -2.50. The van der Waals surface area contributed by atoms with E-state index in [1.165, 1.54) is 6.42 Å². The second-order valence-electron chi connectivity index (χ2n) is 9.04. The third-order valence-corrected chi connectivity index (χ3v) is 10.5. The van der Waals surface area contributed by atoms with Crippen LogP contribution in [0.2, 0.25) is 0 Å². The van der Waals surface area contributed by atoms with Crippen LogP contribution in [-0.2, 0) is 5.60 Å². The van der Waals surface area contributed by atoms with Crippen LogP contribution in [0.4, 0.5) is 0 Å². The van der Waals surface area contributed by atoms with E-state index in [0.29, 0.717) is 0 Å². The van der Waals surface area contributed by atoms with E-state index >= 15 is 0 Å². The highest BCUT2D eigenvalue weighted by Crippen LogP contribution is 2.62. The SMILES string of the molecule is CN1CCN(CC#CCCC2(C3(O)c4ccccc4Oc4ccccc43)SCCCS2)CC1. The first kappa shape index (κ1) is 23.1. The fourth-order valence-electron chi connectivity index (χ4n) is 4.98. The molecule has 3 aliphatic heterocycles. The van der Waals surface area contributed by atoms with Gasteiger partial charge in [-0.3, -0.25) is 4.90 Å². The summed E-state index contributed by atoms with van der Waals surface area (Å²) in [6, 6.07) is 16.0. The predicted molar refractivity (Wildman–Crippen MR) is 139 cm³/mol. The smallest absolute Gasteiger partial charge is 0.145 e. The van der Waals surface area contributed by atoms with Gasteiger partial charge in [-0.05, 0) is 43.5 Å². The van der Waals surface area contributed by atoms with Gasteiger partial charge in [0, 0.05) is 43.7 Å². The molecule has 2 aromatic carbocycles. The molecular weight excluding hydrogens is 448 g/mol. The van der Waals surface area contributed by atoms with Crippen LogP contribution in [0.15, 0.2) is 48.5 Å². The topological polar surface area (TPSA) is 35.9 Å². The molecule has 33 heavy (non-hydrogen) atoms. The van der Waals surface area contributed by atoms with Crippen molar-refractivity contribution in [3.63, 3.8) is 0 Å². The Morgan fingerprint density at radius 2 is 1.52 bits per heavy atom. The van der Waals surface area contributed by atoms with Crippen LogP contribution in [0, 0.1) is 11.8 Å². The minimum atomic E-state index is -1.13. The largest absolute Gasteiger partial charge is 0.457 e. The molecule has 2 aromatic rings. The van der Waals surface area contributed by atoms with E-state index in [2.05, 4.69) is 28.7 Å². The minimum Gasteiger partial charge on any atom is -0.457 e. The number of benzene rings is 2. The van der Waals surface area contributed by atoms with Crippen molar-refractivity contribution in [1.82, 2.24) is 9.80 Å². The Bertz CT molecular complexity index is 988. The monoisotopic (exact) mass is 480 g/mol. The summed E-state index contributed by atoms with van der Waals surface area (Å²) in [6.07, 6.45) is 2.78. The number of fused-ring (bicyclic) bond motifs is 2. The standard InChI is InChI=1S/C27H32N2O2S2/c1-28-16-18-29(19-17-28)15-8-2-7-14-26(32-20-9-21-33-26)27(30)22-10-3-5-12-24(22)31-25-13-6-4-11-23(25)27/h3-6,10-13,30H,7,9,14-21H2,1H3. The Hall–Kier alpha value is -1.62. The third kappa shape index (κ3) is 4.42. The molecule has 0 radical (unpaired) electrons. The highest BCUT2D eigenvalue weighted by atomic mass is 32.2. The van der Waals surface area contributed by atoms with Crippen molar-refractivity contribution in [1.29, 1.82) is 0 Å². The maximum absolute atomic E-state index is 12.7. The van der Waals surface area contributed by atoms with Gasteiger partial charge in [-0.25, -0.2) is 0 Å². The first-order valence-corrected chi connectivity index (χ1v) is 13.8. The molecule has 174 valence electrons. The van der Waals surface area contributed by atoms with Crippen molar-refractivity contribution >= 4 is 23.5 Å². The summed E-state index contributed by atoms with van der Waals surface area (Å²) in [5.41, 5.74) is 0.611. The molecule has 1 N–H and O–H groups in total. The van der Waals surface area contributed by atoms with Crippen molar-refractivity contribution in [2.45, 2.75) is 28.9 Å². The molecular formula is C27H32N2O2S2. The van der Waals surface area contributed by atoms with Crippen molar-refractivity contribution in [3.8, 4) is 23.3 Å².